The van der Waals surface area contributed by atoms with Crippen LogP contribution in [0.25, 0.3) is 10.8 Å². The first kappa shape index (κ1) is 18.7. The summed E-state index contributed by atoms with van der Waals surface area (Å²) in [5, 5.41) is 1.85. The second-order valence-electron chi connectivity index (χ2n) is 5.06. The fraction of sp³-hybridized carbons (Fsp3) is 0.375. The Hall–Kier alpha value is -0.390. The Morgan fingerprint density at radius 1 is 1.05 bits per heavy atom. The SMILES string of the molecule is CCCCCCc1cccc2ccc(S(=O)(=O)[O-])cc12.[Na+]. The zero-order valence-corrected chi connectivity index (χ0v) is 15.4. The van der Waals surface area contributed by atoms with Gasteiger partial charge in [-0.25, -0.2) is 8.42 Å². The van der Waals surface area contributed by atoms with Gasteiger partial charge < -0.3 is 4.55 Å². The van der Waals surface area contributed by atoms with Crippen LogP contribution in [-0.4, -0.2) is 13.0 Å². The molecule has 0 aliphatic carbocycles. The first-order chi connectivity index (χ1) is 9.52. The predicted molar refractivity (Wildman–Crippen MR) is 79.8 cm³/mol. The Morgan fingerprint density at radius 2 is 1.81 bits per heavy atom. The molecule has 2 aromatic carbocycles. The van der Waals surface area contributed by atoms with Crippen molar-refractivity contribution in [2.24, 2.45) is 0 Å². The van der Waals surface area contributed by atoms with E-state index < -0.39 is 10.1 Å². The summed E-state index contributed by atoms with van der Waals surface area (Å²) in [4.78, 5) is -0.147. The molecule has 0 aromatic heterocycles. The molecular weight excluding hydrogens is 295 g/mol. The van der Waals surface area contributed by atoms with Gasteiger partial charge in [-0.15, -0.1) is 0 Å². The molecule has 2 aromatic rings. The van der Waals surface area contributed by atoms with E-state index in [9.17, 15) is 13.0 Å². The average Bonchev–Trinajstić information content (AvgIpc) is 2.42. The third kappa shape index (κ3) is 5.08. The van der Waals surface area contributed by atoms with Crippen molar-refractivity contribution >= 4 is 20.9 Å². The molecule has 0 radical (unpaired) electrons. The number of aryl methyl sites for hydroxylation is 1. The van der Waals surface area contributed by atoms with Gasteiger partial charge in [0.25, 0.3) is 0 Å². The van der Waals surface area contributed by atoms with Crippen LogP contribution >= 0.6 is 0 Å². The molecule has 2 rings (SSSR count). The van der Waals surface area contributed by atoms with Gasteiger partial charge in [0.05, 0.1) is 4.90 Å². The minimum Gasteiger partial charge on any atom is -0.744 e. The maximum Gasteiger partial charge on any atom is 1.00 e. The quantitative estimate of drug-likeness (QED) is 0.452. The molecular formula is C16H19NaO3S. The van der Waals surface area contributed by atoms with Crippen molar-refractivity contribution in [3.05, 3.63) is 42.0 Å². The van der Waals surface area contributed by atoms with Gasteiger partial charge in [0.15, 0.2) is 0 Å². The van der Waals surface area contributed by atoms with E-state index in [0.29, 0.717) is 0 Å². The third-order valence-corrected chi connectivity index (χ3v) is 4.36. The Labute approximate surface area is 148 Å². The van der Waals surface area contributed by atoms with E-state index >= 15 is 0 Å². The van der Waals surface area contributed by atoms with Crippen LogP contribution in [0.1, 0.15) is 38.2 Å². The standard InChI is InChI=1S/C16H20O3S.Na/c1-2-3-4-5-7-13-8-6-9-14-10-11-15(12-16(13)14)20(17,18)19;/h6,8-12H,2-5,7H2,1H3,(H,17,18,19);/q;+1/p-1. The van der Waals surface area contributed by atoms with Gasteiger partial charge in [-0.2, -0.15) is 0 Å². The largest absolute Gasteiger partial charge is 1.00 e. The maximum atomic E-state index is 11.1. The molecule has 0 saturated carbocycles. The van der Waals surface area contributed by atoms with Crippen molar-refractivity contribution in [3.63, 3.8) is 0 Å². The zero-order chi connectivity index (χ0) is 14.6. The van der Waals surface area contributed by atoms with Crippen molar-refractivity contribution in [3.8, 4) is 0 Å². The molecule has 21 heavy (non-hydrogen) atoms. The summed E-state index contributed by atoms with van der Waals surface area (Å²) in [5.41, 5.74) is 1.11. The summed E-state index contributed by atoms with van der Waals surface area (Å²) >= 11 is 0. The first-order valence-electron chi connectivity index (χ1n) is 7.00. The molecule has 0 heterocycles. The number of rotatable bonds is 6. The average molecular weight is 314 g/mol. The van der Waals surface area contributed by atoms with Gasteiger partial charge in [0, 0.05) is 0 Å². The predicted octanol–water partition coefficient (Wildman–Crippen LogP) is 0.871. The molecule has 0 atom stereocenters. The fourth-order valence-corrected chi connectivity index (χ4v) is 2.93. The Morgan fingerprint density at radius 3 is 2.48 bits per heavy atom. The second kappa shape index (κ2) is 8.30. The Bertz CT molecular complexity index is 696. The number of fused-ring (bicyclic) bond motifs is 1. The van der Waals surface area contributed by atoms with Crippen LogP contribution in [0.5, 0.6) is 0 Å². The van der Waals surface area contributed by atoms with Crippen LogP contribution in [0.2, 0.25) is 0 Å². The zero-order valence-electron chi connectivity index (χ0n) is 12.6. The smallest absolute Gasteiger partial charge is 0.744 e. The van der Waals surface area contributed by atoms with E-state index in [2.05, 4.69) is 6.92 Å². The van der Waals surface area contributed by atoms with Crippen LogP contribution in [-0.2, 0) is 16.5 Å². The molecule has 0 amide bonds. The van der Waals surface area contributed by atoms with E-state index in [1.807, 2.05) is 18.2 Å². The molecule has 0 N–H and O–H groups in total. The molecule has 0 aliphatic rings. The van der Waals surface area contributed by atoms with Gasteiger partial charge in [0.2, 0.25) is 0 Å². The monoisotopic (exact) mass is 314 g/mol. The molecule has 5 heteroatoms. The summed E-state index contributed by atoms with van der Waals surface area (Å²) in [6, 6.07) is 10.5. The van der Waals surface area contributed by atoms with E-state index in [-0.39, 0.29) is 34.5 Å². The summed E-state index contributed by atoms with van der Waals surface area (Å²) in [7, 11) is -4.39. The van der Waals surface area contributed by atoms with Gasteiger partial charge in [-0.05, 0) is 41.3 Å². The minimum atomic E-state index is -4.39. The molecule has 0 unspecified atom stereocenters. The molecule has 0 aliphatic heterocycles. The Balaban J connectivity index is 0.00000220. The molecule has 0 fully saturated rings. The van der Waals surface area contributed by atoms with Crippen molar-refractivity contribution in [2.75, 3.05) is 0 Å². The number of unbranched alkanes of at least 4 members (excludes halogenated alkanes) is 3. The number of hydrogen-bond acceptors (Lipinski definition) is 3. The summed E-state index contributed by atoms with van der Waals surface area (Å²) in [6.07, 6.45) is 5.58. The topological polar surface area (TPSA) is 57.2 Å². The molecule has 0 bridgehead atoms. The van der Waals surface area contributed by atoms with E-state index in [1.165, 1.54) is 31.4 Å². The molecule has 0 saturated heterocycles. The van der Waals surface area contributed by atoms with E-state index in [4.69, 9.17) is 0 Å². The normalized spacial score (nSPS) is 11.3. The van der Waals surface area contributed by atoms with Gasteiger partial charge in [-0.1, -0.05) is 50.5 Å². The number of hydrogen-bond donors (Lipinski definition) is 0. The van der Waals surface area contributed by atoms with Crippen molar-refractivity contribution in [1.29, 1.82) is 0 Å². The van der Waals surface area contributed by atoms with Crippen LogP contribution < -0.4 is 29.6 Å². The van der Waals surface area contributed by atoms with Crippen molar-refractivity contribution in [2.45, 2.75) is 43.9 Å². The van der Waals surface area contributed by atoms with Crippen molar-refractivity contribution < 1.29 is 42.5 Å². The second-order valence-corrected chi connectivity index (χ2v) is 6.44. The van der Waals surface area contributed by atoms with Crippen LogP contribution in [0.3, 0.4) is 0 Å². The van der Waals surface area contributed by atoms with Gasteiger partial charge in [-0.3, -0.25) is 0 Å². The Kier molecular flexibility index (Phi) is 7.37. The van der Waals surface area contributed by atoms with E-state index in [0.717, 1.165) is 29.2 Å². The first-order valence-corrected chi connectivity index (χ1v) is 8.41. The molecule has 3 nitrogen and oxygen atoms in total. The summed E-state index contributed by atoms with van der Waals surface area (Å²) in [6.45, 7) is 2.17. The minimum absolute atomic E-state index is 0. The summed E-state index contributed by atoms with van der Waals surface area (Å²) < 4.78 is 33.4. The van der Waals surface area contributed by atoms with Crippen LogP contribution in [0, 0.1) is 0 Å². The van der Waals surface area contributed by atoms with Gasteiger partial charge >= 0.3 is 29.6 Å². The molecule has 108 valence electrons. The van der Waals surface area contributed by atoms with E-state index in [1.54, 1.807) is 6.07 Å². The fourth-order valence-electron chi connectivity index (χ4n) is 2.43. The molecule has 0 spiro atoms. The van der Waals surface area contributed by atoms with Crippen LogP contribution in [0.4, 0.5) is 0 Å². The number of benzene rings is 2. The maximum absolute atomic E-state index is 11.1. The third-order valence-electron chi connectivity index (χ3n) is 3.53. The van der Waals surface area contributed by atoms with Gasteiger partial charge in [0.1, 0.15) is 10.1 Å². The van der Waals surface area contributed by atoms with Crippen LogP contribution in [0.15, 0.2) is 41.3 Å². The van der Waals surface area contributed by atoms with Crippen molar-refractivity contribution in [1.82, 2.24) is 0 Å². The summed E-state index contributed by atoms with van der Waals surface area (Å²) in [5.74, 6) is 0.